The zero-order valence-corrected chi connectivity index (χ0v) is 11.0. The molecule has 1 aliphatic rings. The monoisotopic (exact) mass is 254 g/mol. The Hall–Kier alpha value is -1.36. The Morgan fingerprint density at radius 3 is 2.83 bits per heavy atom. The van der Waals surface area contributed by atoms with Crippen LogP contribution in [-0.4, -0.2) is 59.0 Å². The second-order valence-electron chi connectivity index (χ2n) is 4.50. The van der Waals surface area contributed by atoms with Gasteiger partial charge >= 0.3 is 5.97 Å². The molecule has 18 heavy (non-hydrogen) atoms. The Labute approximate surface area is 108 Å². The van der Waals surface area contributed by atoms with Gasteiger partial charge in [-0.05, 0) is 19.4 Å². The van der Waals surface area contributed by atoms with E-state index < -0.39 is 12.0 Å². The predicted molar refractivity (Wildman–Crippen MR) is 69.3 cm³/mol. The van der Waals surface area contributed by atoms with Gasteiger partial charge in [-0.25, -0.2) is 0 Å². The van der Waals surface area contributed by atoms with Gasteiger partial charge in [-0.15, -0.1) is 6.58 Å². The molecule has 1 N–H and O–H groups in total. The molecule has 1 amide bonds. The lowest BCUT2D eigenvalue weighted by molar-refractivity contribution is -0.149. The topological polar surface area (TPSA) is 60.9 Å². The van der Waals surface area contributed by atoms with Crippen molar-refractivity contribution >= 4 is 11.9 Å². The van der Waals surface area contributed by atoms with Crippen LogP contribution in [0.4, 0.5) is 0 Å². The molecule has 1 fully saturated rings. The highest BCUT2D eigenvalue weighted by Crippen LogP contribution is 2.15. The lowest BCUT2D eigenvalue weighted by Gasteiger charge is -2.39. The van der Waals surface area contributed by atoms with Crippen LogP contribution in [0.2, 0.25) is 0 Å². The zero-order valence-electron chi connectivity index (χ0n) is 11.0. The summed E-state index contributed by atoms with van der Waals surface area (Å²) >= 11 is 0. The average Bonchev–Trinajstić information content (AvgIpc) is 2.33. The molecule has 5 heteroatoms. The van der Waals surface area contributed by atoms with Crippen molar-refractivity contribution in [3.8, 4) is 0 Å². The smallest absolute Gasteiger partial charge is 0.305 e. The fourth-order valence-electron chi connectivity index (χ4n) is 2.29. The van der Waals surface area contributed by atoms with Crippen molar-refractivity contribution in [3.63, 3.8) is 0 Å². The second kappa shape index (κ2) is 7.16. The van der Waals surface area contributed by atoms with Crippen LogP contribution < -0.4 is 0 Å². The van der Waals surface area contributed by atoms with E-state index in [4.69, 9.17) is 5.11 Å². The normalized spacial score (nSPS) is 21.1. The number of aliphatic carboxylic acids is 1. The van der Waals surface area contributed by atoms with Crippen molar-refractivity contribution < 1.29 is 14.7 Å². The number of piperazine rings is 1. The Bertz CT molecular complexity index is 317. The summed E-state index contributed by atoms with van der Waals surface area (Å²) < 4.78 is 0. The minimum absolute atomic E-state index is 0.0467. The van der Waals surface area contributed by atoms with Gasteiger partial charge in [-0.3, -0.25) is 14.5 Å². The number of likely N-dealkylation sites (N-methyl/N-ethyl adjacent to an activating group) is 1. The molecule has 1 unspecified atom stereocenters. The first-order valence-electron chi connectivity index (χ1n) is 6.45. The van der Waals surface area contributed by atoms with Crippen LogP contribution in [0.5, 0.6) is 0 Å². The van der Waals surface area contributed by atoms with Crippen molar-refractivity contribution in [1.29, 1.82) is 0 Å². The molecule has 0 saturated carbocycles. The van der Waals surface area contributed by atoms with E-state index in [0.717, 1.165) is 19.4 Å². The van der Waals surface area contributed by atoms with Crippen molar-refractivity contribution in [1.82, 2.24) is 9.80 Å². The third-order valence-corrected chi connectivity index (χ3v) is 3.31. The third kappa shape index (κ3) is 3.84. The first-order valence-corrected chi connectivity index (χ1v) is 6.45. The lowest BCUT2D eigenvalue weighted by atomic mass is 10.1. The molecule has 1 heterocycles. The number of carboxylic acids is 1. The lowest BCUT2D eigenvalue weighted by Crippen LogP contribution is -2.57. The van der Waals surface area contributed by atoms with Gasteiger partial charge in [0.05, 0.1) is 12.5 Å². The maximum absolute atomic E-state index is 12.2. The van der Waals surface area contributed by atoms with Gasteiger partial charge in [-0.1, -0.05) is 13.0 Å². The molecule has 1 atom stereocenters. The fourth-order valence-corrected chi connectivity index (χ4v) is 2.29. The standard InChI is InChI=1S/C13H22N2O3/c1-3-5-6-7-15-9-8-14(4-2)11(13(15)18)10-12(16)17/h3,11H,1,4-10H2,2H3,(H,16,17). The quantitative estimate of drug-likeness (QED) is 0.543. The summed E-state index contributed by atoms with van der Waals surface area (Å²) in [6.07, 6.45) is 3.50. The van der Waals surface area contributed by atoms with E-state index in [1.54, 1.807) is 4.90 Å². The number of carbonyl (C=O) groups excluding carboxylic acids is 1. The van der Waals surface area contributed by atoms with Crippen molar-refractivity contribution in [2.24, 2.45) is 0 Å². The zero-order chi connectivity index (χ0) is 13.5. The molecule has 5 nitrogen and oxygen atoms in total. The van der Waals surface area contributed by atoms with Crippen LogP contribution in [-0.2, 0) is 9.59 Å². The minimum Gasteiger partial charge on any atom is -0.481 e. The molecular weight excluding hydrogens is 232 g/mol. The van der Waals surface area contributed by atoms with E-state index in [1.165, 1.54) is 0 Å². The molecule has 1 aliphatic heterocycles. The molecule has 0 aromatic heterocycles. The van der Waals surface area contributed by atoms with Crippen LogP contribution in [0, 0.1) is 0 Å². The maximum Gasteiger partial charge on any atom is 0.305 e. The van der Waals surface area contributed by atoms with Crippen LogP contribution in [0.15, 0.2) is 12.7 Å². The number of allylic oxidation sites excluding steroid dienone is 1. The van der Waals surface area contributed by atoms with Gasteiger partial charge in [0.25, 0.3) is 0 Å². The summed E-state index contributed by atoms with van der Waals surface area (Å²) in [5.41, 5.74) is 0. The maximum atomic E-state index is 12.2. The highest BCUT2D eigenvalue weighted by molar-refractivity contribution is 5.86. The van der Waals surface area contributed by atoms with Crippen LogP contribution >= 0.6 is 0 Å². The Balaban J connectivity index is 2.61. The molecule has 0 aromatic carbocycles. The Morgan fingerprint density at radius 1 is 1.56 bits per heavy atom. The second-order valence-corrected chi connectivity index (χ2v) is 4.50. The summed E-state index contributed by atoms with van der Waals surface area (Å²) in [5.74, 6) is -0.964. The first kappa shape index (κ1) is 14.7. The molecule has 0 radical (unpaired) electrons. The van der Waals surface area contributed by atoms with Gasteiger partial charge in [0, 0.05) is 19.6 Å². The van der Waals surface area contributed by atoms with Gasteiger partial charge in [0.1, 0.15) is 0 Å². The number of unbranched alkanes of at least 4 members (excludes halogenated alkanes) is 1. The summed E-state index contributed by atoms with van der Waals surface area (Å²) in [7, 11) is 0. The van der Waals surface area contributed by atoms with Crippen LogP contribution in [0.1, 0.15) is 26.2 Å². The highest BCUT2D eigenvalue weighted by atomic mass is 16.4. The molecular formula is C13H22N2O3. The van der Waals surface area contributed by atoms with E-state index in [9.17, 15) is 9.59 Å². The highest BCUT2D eigenvalue weighted by Gasteiger charge is 2.34. The number of amides is 1. The van der Waals surface area contributed by atoms with E-state index >= 15 is 0 Å². The van der Waals surface area contributed by atoms with Crippen molar-refractivity contribution in [2.75, 3.05) is 26.2 Å². The van der Waals surface area contributed by atoms with Crippen LogP contribution in [0.25, 0.3) is 0 Å². The van der Waals surface area contributed by atoms with Gasteiger partial charge in [0.15, 0.2) is 0 Å². The molecule has 1 saturated heterocycles. The number of hydrogen-bond acceptors (Lipinski definition) is 3. The number of nitrogens with zero attached hydrogens (tertiary/aromatic N) is 2. The third-order valence-electron chi connectivity index (χ3n) is 3.31. The van der Waals surface area contributed by atoms with E-state index in [0.29, 0.717) is 19.6 Å². The van der Waals surface area contributed by atoms with Gasteiger partial charge < -0.3 is 10.0 Å². The predicted octanol–water partition coefficient (Wildman–Crippen LogP) is 0.960. The summed E-state index contributed by atoms with van der Waals surface area (Å²) in [6, 6.07) is -0.495. The number of carboxylic acid groups (broad SMARTS) is 1. The van der Waals surface area contributed by atoms with Crippen molar-refractivity contribution in [2.45, 2.75) is 32.2 Å². The number of rotatable bonds is 7. The summed E-state index contributed by atoms with van der Waals surface area (Å²) in [6.45, 7) is 8.46. The average molecular weight is 254 g/mol. The minimum atomic E-state index is -0.917. The Kier molecular flexibility index (Phi) is 5.85. The first-order chi connectivity index (χ1) is 8.60. The molecule has 102 valence electrons. The molecule has 1 rings (SSSR count). The van der Waals surface area contributed by atoms with Crippen LogP contribution in [0.3, 0.4) is 0 Å². The SMILES string of the molecule is C=CCCCN1CCN(CC)C(CC(=O)O)C1=O. The molecule has 0 bridgehead atoms. The van der Waals surface area contributed by atoms with E-state index in [2.05, 4.69) is 6.58 Å². The van der Waals surface area contributed by atoms with Crippen molar-refractivity contribution in [3.05, 3.63) is 12.7 Å². The van der Waals surface area contributed by atoms with E-state index in [-0.39, 0.29) is 12.3 Å². The number of hydrogen-bond donors (Lipinski definition) is 1. The van der Waals surface area contributed by atoms with Gasteiger partial charge in [0.2, 0.25) is 5.91 Å². The summed E-state index contributed by atoms with van der Waals surface area (Å²) in [5, 5.41) is 8.89. The van der Waals surface area contributed by atoms with Gasteiger partial charge in [-0.2, -0.15) is 0 Å². The van der Waals surface area contributed by atoms with E-state index in [1.807, 2.05) is 17.9 Å². The molecule has 0 aromatic rings. The fraction of sp³-hybridized carbons (Fsp3) is 0.692. The number of carbonyl (C=O) groups is 2. The molecule has 0 aliphatic carbocycles. The Morgan fingerprint density at radius 2 is 2.28 bits per heavy atom. The largest absolute Gasteiger partial charge is 0.481 e. The molecule has 0 spiro atoms. The summed E-state index contributed by atoms with van der Waals surface area (Å²) in [4.78, 5) is 26.8.